The average molecular weight is 581 g/mol. The number of anilines is 1. The quantitative estimate of drug-likeness (QED) is 0.194. The Hall–Kier alpha value is -3.42. The number of fused-ring (bicyclic) bond motifs is 1. The SMILES string of the molecule is CN(C(=O)CCc1cccc(F)c1Cl)[C@H](COC(=O)Nc1cc2cc(F)ccc2cn1)CC(O)NCC(O)CO. The molecule has 3 atom stereocenters. The Kier molecular flexibility index (Phi) is 11.5. The predicted octanol–water partition coefficient (Wildman–Crippen LogP) is 2.83. The number of pyridine rings is 1. The van der Waals surface area contributed by atoms with Gasteiger partial charge >= 0.3 is 6.09 Å². The lowest BCUT2D eigenvalue weighted by Gasteiger charge is -2.30. The highest BCUT2D eigenvalue weighted by molar-refractivity contribution is 6.31. The van der Waals surface area contributed by atoms with E-state index in [9.17, 15) is 28.6 Å². The van der Waals surface area contributed by atoms with Crippen molar-refractivity contribution < 1.29 is 38.4 Å². The van der Waals surface area contributed by atoms with E-state index in [1.54, 1.807) is 12.1 Å². The molecule has 2 aromatic carbocycles. The number of benzene rings is 2. The number of carbonyl (C=O) groups excluding carboxylic acids is 2. The van der Waals surface area contributed by atoms with Crippen LogP contribution in [0.4, 0.5) is 19.4 Å². The summed E-state index contributed by atoms with van der Waals surface area (Å²) in [7, 11) is 1.47. The zero-order chi connectivity index (χ0) is 29.2. The first kappa shape index (κ1) is 31.1. The van der Waals surface area contributed by atoms with Crippen LogP contribution < -0.4 is 10.6 Å². The first-order valence-electron chi connectivity index (χ1n) is 12.5. The lowest BCUT2D eigenvalue weighted by Crippen LogP contribution is -2.46. The van der Waals surface area contributed by atoms with Crippen molar-refractivity contribution in [3.8, 4) is 0 Å². The first-order chi connectivity index (χ1) is 19.1. The summed E-state index contributed by atoms with van der Waals surface area (Å²) in [6.07, 6.45) is -1.72. The van der Waals surface area contributed by atoms with Crippen molar-refractivity contribution in [3.05, 3.63) is 70.9 Å². The highest BCUT2D eigenvalue weighted by Gasteiger charge is 2.25. The molecular formula is C27H31ClF2N4O6. The van der Waals surface area contributed by atoms with Crippen LogP contribution in [0, 0.1) is 11.6 Å². The monoisotopic (exact) mass is 580 g/mol. The number of nitrogens with zero attached hydrogens (tertiary/aromatic N) is 2. The molecule has 1 heterocycles. The number of aliphatic hydroxyl groups excluding tert-OH is 3. The predicted molar refractivity (Wildman–Crippen MR) is 145 cm³/mol. The van der Waals surface area contributed by atoms with E-state index in [2.05, 4.69) is 15.6 Å². The van der Waals surface area contributed by atoms with Crippen molar-refractivity contribution in [2.24, 2.45) is 0 Å². The van der Waals surface area contributed by atoms with Gasteiger partial charge in [0, 0.05) is 38.0 Å². The van der Waals surface area contributed by atoms with Gasteiger partial charge in [-0.1, -0.05) is 23.7 Å². The fourth-order valence-electron chi connectivity index (χ4n) is 3.87. The van der Waals surface area contributed by atoms with Crippen LogP contribution in [0.2, 0.25) is 5.02 Å². The first-order valence-corrected chi connectivity index (χ1v) is 12.8. The van der Waals surface area contributed by atoms with Crippen molar-refractivity contribution in [2.45, 2.75) is 37.6 Å². The number of halogens is 3. The maximum atomic E-state index is 13.7. The second kappa shape index (κ2) is 14.8. The molecule has 0 bridgehead atoms. The minimum Gasteiger partial charge on any atom is -0.447 e. The van der Waals surface area contributed by atoms with Gasteiger partial charge in [-0.2, -0.15) is 0 Å². The van der Waals surface area contributed by atoms with E-state index in [-0.39, 0.29) is 49.2 Å². The lowest BCUT2D eigenvalue weighted by atomic mass is 10.1. The Morgan fingerprint density at radius 1 is 1.15 bits per heavy atom. The molecule has 0 aliphatic carbocycles. The van der Waals surface area contributed by atoms with Crippen molar-refractivity contribution in [1.82, 2.24) is 15.2 Å². The zero-order valence-electron chi connectivity index (χ0n) is 21.7. The highest BCUT2D eigenvalue weighted by atomic mass is 35.5. The summed E-state index contributed by atoms with van der Waals surface area (Å²) in [5, 5.41) is 35.1. The van der Waals surface area contributed by atoms with E-state index in [1.807, 2.05) is 0 Å². The van der Waals surface area contributed by atoms with Crippen LogP contribution in [0.25, 0.3) is 10.8 Å². The van der Waals surface area contributed by atoms with Crippen LogP contribution in [-0.4, -0.2) is 82.4 Å². The van der Waals surface area contributed by atoms with Gasteiger partial charge in [0.05, 0.1) is 23.8 Å². The van der Waals surface area contributed by atoms with Crippen molar-refractivity contribution in [3.63, 3.8) is 0 Å². The molecule has 10 nitrogen and oxygen atoms in total. The van der Waals surface area contributed by atoms with Crippen LogP contribution in [0.15, 0.2) is 48.7 Å². The summed E-state index contributed by atoms with van der Waals surface area (Å²) < 4.78 is 32.6. The van der Waals surface area contributed by atoms with E-state index < -0.39 is 42.7 Å². The van der Waals surface area contributed by atoms with Crippen LogP contribution in [0.1, 0.15) is 18.4 Å². The van der Waals surface area contributed by atoms with Gasteiger partial charge in [-0.25, -0.2) is 18.6 Å². The van der Waals surface area contributed by atoms with Gasteiger partial charge < -0.3 is 25.0 Å². The average Bonchev–Trinajstić information content (AvgIpc) is 2.93. The number of aliphatic hydroxyl groups is 3. The molecule has 0 saturated heterocycles. The Morgan fingerprint density at radius 2 is 1.93 bits per heavy atom. The lowest BCUT2D eigenvalue weighted by molar-refractivity contribution is -0.133. The summed E-state index contributed by atoms with van der Waals surface area (Å²) in [4.78, 5) is 30.8. The maximum Gasteiger partial charge on any atom is 0.412 e. The smallest absolute Gasteiger partial charge is 0.412 e. The summed E-state index contributed by atoms with van der Waals surface area (Å²) in [6, 6.07) is 9.12. The van der Waals surface area contributed by atoms with Gasteiger partial charge in [0.25, 0.3) is 0 Å². The number of rotatable bonds is 13. The third-order valence-electron chi connectivity index (χ3n) is 6.20. The van der Waals surface area contributed by atoms with Crippen molar-refractivity contribution in [2.75, 3.05) is 32.1 Å². The molecule has 13 heteroatoms. The van der Waals surface area contributed by atoms with E-state index >= 15 is 0 Å². The molecule has 0 spiro atoms. The van der Waals surface area contributed by atoms with Crippen LogP contribution in [-0.2, 0) is 16.0 Å². The standard InChI is InChI=1S/C27H31ClF2N4O6/c1-34(25(38)8-6-16-3-2-4-22(30)26(16)28)20(11-24(37)32-13-21(36)14-35)15-40-27(39)33-23-10-18-9-19(29)7-5-17(18)12-31-23/h2-5,7,9-10,12,20-21,24,32,35-37H,6,8,11,13-15H2,1H3,(H,31,33,39)/t20-,21?,24?/m0/s1. The summed E-state index contributed by atoms with van der Waals surface area (Å²) in [6.45, 7) is -0.948. The number of hydrogen-bond acceptors (Lipinski definition) is 8. The molecule has 5 N–H and O–H groups in total. The second-order valence-corrected chi connectivity index (χ2v) is 9.53. The molecule has 0 aliphatic heterocycles. The number of hydrogen-bond donors (Lipinski definition) is 5. The molecule has 40 heavy (non-hydrogen) atoms. The van der Waals surface area contributed by atoms with Crippen LogP contribution in [0.5, 0.6) is 0 Å². The molecular weight excluding hydrogens is 550 g/mol. The molecule has 216 valence electrons. The van der Waals surface area contributed by atoms with E-state index in [1.165, 1.54) is 48.5 Å². The van der Waals surface area contributed by atoms with E-state index in [0.29, 0.717) is 16.3 Å². The largest absolute Gasteiger partial charge is 0.447 e. The highest BCUT2D eigenvalue weighted by Crippen LogP contribution is 2.22. The topological polar surface area (TPSA) is 144 Å². The van der Waals surface area contributed by atoms with E-state index in [0.717, 1.165) is 0 Å². The molecule has 0 saturated carbocycles. The summed E-state index contributed by atoms with van der Waals surface area (Å²) in [5.41, 5.74) is 0.457. The number of aromatic nitrogens is 1. The van der Waals surface area contributed by atoms with Gasteiger partial charge in [0.2, 0.25) is 5.91 Å². The molecule has 2 unspecified atom stereocenters. The van der Waals surface area contributed by atoms with Crippen molar-refractivity contribution in [1.29, 1.82) is 0 Å². The number of amides is 2. The molecule has 0 fully saturated rings. The van der Waals surface area contributed by atoms with Gasteiger partial charge in [0.15, 0.2) is 0 Å². The zero-order valence-corrected chi connectivity index (χ0v) is 22.4. The Labute approximate surface area is 234 Å². The molecule has 3 rings (SSSR count). The molecule has 0 radical (unpaired) electrons. The van der Waals surface area contributed by atoms with Gasteiger partial charge in [-0.15, -0.1) is 0 Å². The van der Waals surface area contributed by atoms with E-state index in [4.69, 9.17) is 21.4 Å². The maximum absolute atomic E-state index is 13.7. The Bertz CT molecular complexity index is 1320. The molecule has 0 aliphatic rings. The number of nitrogens with one attached hydrogen (secondary N) is 2. The fourth-order valence-corrected chi connectivity index (χ4v) is 4.09. The Morgan fingerprint density at radius 3 is 2.67 bits per heavy atom. The summed E-state index contributed by atoms with van der Waals surface area (Å²) in [5.74, 6) is -1.30. The normalized spacial score (nSPS) is 13.5. The fraction of sp³-hybridized carbons (Fsp3) is 0.370. The molecule has 2 amide bonds. The minimum absolute atomic E-state index is 0.0350. The van der Waals surface area contributed by atoms with Crippen LogP contribution >= 0.6 is 11.6 Å². The molecule has 3 aromatic rings. The number of ether oxygens (including phenoxy) is 1. The molecule has 1 aromatic heterocycles. The van der Waals surface area contributed by atoms with Crippen LogP contribution in [0.3, 0.4) is 0 Å². The Balaban J connectivity index is 1.64. The minimum atomic E-state index is -1.22. The second-order valence-electron chi connectivity index (χ2n) is 9.15. The van der Waals surface area contributed by atoms with Gasteiger partial charge in [-0.05, 0) is 47.7 Å². The third-order valence-corrected chi connectivity index (χ3v) is 6.62. The van der Waals surface area contributed by atoms with Crippen molar-refractivity contribution >= 4 is 40.2 Å². The van der Waals surface area contributed by atoms with Gasteiger partial charge in [0.1, 0.15) is 30.3 Å². The third kappa shape index (κ3) is 9.07. The number of aryl methyl sites for hydroxylation is 1. The number of likely N-dealkylation sites (N-methyl/N-ethyl adjacent to an activating group) is 1. The number of carbonyl (C=O) groups is 2. The van der Waals surface area contributed by atoms with Gasteiger partial charge in [-0.3, -0.25) is 15.4 Å². The summed E-state index contributed by atoms with van der Waals surface area (Å²) >= 11 is 5.98.